The van der Waals surface area contributed by atoms with Crippen molar-refractivity contribution in [2.24, 2.45) is 5.41 Å². The second kappa shape index (κ2) is 9.43. The third-order valence-electron chi connectivity index (χ3n) is 7.64. The van der Waals surface area contributed by atoms with Crippen molar-refractivity contribution < 1.29 is 28.9 Å². The van der Waals surface area contributed by atoms with Gasteiger partial charge in [0.1, 0.15) is 6.10 Å². The first-order valence-electron chi connectivity index (χ1n) is 11.8. The number of nitrogens with zero attached hydrogens (tertiary/aromatic N) is 2. The molecule has 1 aromatic carbocycles. The summed E-state index contributed by atoms with van der Waals surface area (Å²) in [5.41, 5.74) is 0.370. The predicted octanol–water partition coefficient (Wildman–Crippen LogP) is 3.27. The average molecular weight is 471 g/mol. The number of ether oxygens (including phenoxy) is 3. The van der Waals surface area contributed by atoms with Crippen LogP contribution in [-0.2, 0) is 35.9 Å². The van der Waals surface area contributed by atoms with E-state index in [1.807, 2.05) is 24.3 Å². The molecule has 0 unspecified atom stereocenters. The summed E-state index contributed by atoms with van der Waals surface area (Å²) in [6, 6.07) is 7.82. The molecule has 3 atom stereocenters. The summed E-state index contributed by atoms with van der Waals surface area (Å²) >= 11 is 0. The number of aliphatic hydroxyl groups is 1. The van der Waals surface area contributed by atoms with Gasteiger partial charge >= 0.3 is 11.9 Å². The molecule has 2 aromatic rings. The molecule has 0 saturated carbocycles. The molecule has 2 bridgehead atoms. The Hall–Kier alpha value is -2.84. The molecular weight excluding hydrogens is 436 g/mol. The Balaban J connectivity index is 1.95. The summed E-state index contributed by atoms with van der Waals surface area (Å²) in [5, 5.41) is 13.0. The summed E-state index contributed by atoms with van der Waals surface area (Å²) in [7, 11) is 4.39. The molecule has 8 heteroatoms. The van der Waals surface area contributed by atoms with Crippen LogP contribution in [0.25, 0.3) is 10.9 Å². The zero-order valence-corrected chi connectivity index (χ0v) is 20.4. The molecule has 2 aliphatic heterocycles. The molecule has 2 aliphatic rings. The maximum atomic E-state index is 13.1. The molecule has 0 saturated heterocycles. The summed E-state index contributed by atoms with van der Waals surface area (Å²) in [5.74, 6) is -1.05. The highest BCUT2D eigenvalue weighted by atomic mass is 16.5. The van der Waals surface area contributed by atoms with Crippen molar-refractivity contribution in [3.8, 4) is 0 Å². The molecule has 4 rings (SSSR count). The number of fused-ring (bicyclic) bond motifs is 4. The van der Waals surface area contributed by atoms with Gasteiger partial charge in [0, 0.05) is 49.7 Å². The van der Waals surface area contributed by atoms with E-state index in [-0.39, 0.29) is 18.5 Å². The first-order valence-corrected chi connectivity index (χ1v) is 11.8. The normalized spacial score (nSPS) is 27.1. The highest BCUT2D eigenvalue weighted by Crippen LogP contribution is 2.57. The number of benzene rings is 1. The van der Waals surface area contributed by atoms with Crippen LogP contribution in [0.15, 0.2) is 36.5 Å². The molecule has 1 N–H and O–H groups in total. The molecular formula is C26H34N2O6. The minimum Gasteiger partial charge on any atom is -0.466 e. The second-order valence-corrected chi connectivity index (χ2v) is 9.26. The van der Waals surface area contributed by atoms with Crippen molar-refractivity contribution >= 4 is 22.8 Å². The fourth-order valence-electron chi connectivity index (χ4n) is 6.00. The van der Waals surface area contributed by atoms with Gasteiger partial charge in [0.2, 0.25) is 5.72 Å². The monoisotopic (exact) mass is 470 g/mol. The van der Waals surface area contributed by atoms with Gasteiger partial charge in [-0.1, -0.05) is 25.1 Å². The third kappa shape index (κ3) is 3.79. The van der Waals surface area contributed by atoms with Crippen molar-refractivity contribution in [1.82, 2.24) is 9.47 Å². The van der Waals surface area contributed by atoms with Crippen LogP contribution >= 0.6 is 0 Å². The lowest BCUT2D eigenvalue weighted by Gasteiger charge is -2.50. The van der Waals surface area contributed by atoms with Gasteiger partial charge in [-0.2, -0.15) is 0 Å². The molecule has 1 aromatic heterocycles. The number of rotatable bonds is 5. The van der Waals surface area contributed by atoms with Gasteiger partial charge in [-0.25, -0.2) is 9.59 Å². The number of para-hydroxylation sites is 1. The van der Waals surface area contributed by atoms with Crippen LogP contribution < -0.4 is 0 Å². The van der Waals surface area contributed by atoms with E-state index in [2.05, 4.69) is 11.8 Å². The molecule has 8 nitrogen and oxygen atoms in total. The van der Waals surface area contributed by atoms with E-state index in [4.69, 9.17) is 14.2 Å². The number of hydrogen-bond acceptors (Lipinski definition) is 7. The quantitative estimate of drug-likeness (QED) is 0.530. The van der Waals surface area contributed by atoms with Gasteiger partial charge in [0.15, 0.2) is 0 Å². The van der Waals surface area contributed by atoms with E-state index in [1.54, 1.807) is 17.9 Å². The summed E-state index contributed by atoms with van der Waals surface area (Å²) in [6.07, 6.45) is 6.10. The van der Waals surface area contributed by atoms with E-state index < -0.39 is 17.1 Å². The maximum Gasteiger partial charge on any atom is 0.359 e. The van der Waals surface area contributed by atoms with Crippen molar-refractivity contribution in [2.75, 3.05) is 34.4 Å². The molecule has 0 aliphatic carbocycles. The van der Waals surface area contributed by atoms with E-state index in [9.17, 15) is 14.7 Å². The zero-order chi connectivity index (χ0) is 24.5. The van der Waals surface area contributed by atoms with Crippen LogP contribution in [0.3, 0.4) is 0 Å². The Morgan fingerprint density at radius 2 is 1.94 bits per heavy atom. The Kier molecular flexibility index (Phi) is 6.73. The fraction of sp³-hybridized carbons (Fsp3) is 0.538. The van der Waals surface area contributed by atoms with E-state index >= 15 is 0 Å². The SMILES string of the molecule is CC[C@]12CCCN(/C=C/C(=O)OC)CCc3c(n(c4ccccc34)[C@@](O)(C(=O)OC)C1)[C@@H]2OC. The maximum absolute atomic E-state index is 13.1. The molecule has 184 valence electrons. The number of hydrogen-bond donors (Lipinski definition) is 1. The topological polar surface area (TPSA) is 90.2 Å². The van der Waals surface area contributed by atoms with Gasteiger partial charge in [-0.05, 0) is 37.3 Å². The van der Waals surface area contributed by atoms with Gasteiger partial charge in [-0.3, -0.25) is 0 Å². The Morgan fingerprint density at radius 1 is 1.18 bits per heavy atom. The highest BCUT2D eigenvalue weighted by molar-refractivity contribution is 5.89. The predicted molar refractivity (Wildman–Crippen MR) is 127 cm³/mol. The summed E-state index contributed by atoms with van der Waals surface area (Å²) < 4.78 is 17.8. The van der Waals surface area contributed by atoms with Crippen LogP contribution in [0, 0.1) is 5.41 Å². The molecule has 0 radical (unpaired) electrons. The van der Waals surface area contributed by atoms with Gasteiger partial charge < -0.3 is 28.8 Å². The minimum atomic E-state index is -1.82. The van der Waals surface area contributed by atoms with E-state index in [0.29, 0.717) is 13.0 Å². The lowest BCUT2D eigenvalue weighted by molar-refractivity contribution is -0.196. The first kappa shape index (κ1) is 24.3. The lowest BCUT2D eigenvalue weighted by atomic mass is 9.66. The van der Waals surface area contributed by atoms with Crippen molar-refractivity contribution in [1.29, 1.82) is 0 Å². The number of carbonyl (C=O) groups is 2. The lowest BCUT2D eigenvalue weighted by Crippen LogP contribution is -2.54. The van der Waals surface area contributed by atoms with Gasteiger partial charge in [-0.15, -0.1) is 0 Å². The molecule has 3 heterocycles. The smallest absolute Gasteiger partial charge is 0.359 e. The highest BCUT2D eigenvalue weighted by Gasteiger charge is 2.57. The van der Waals surface area contributed by atoms with Gasteiger partial charge in [0.05, 0.1) is 25.4 Å². The third-order valence-corrected chi connectivity index (χ3v) is 7.64. The van der Waals surface area contributed by atoms with Crippen molar-refractivity contribution in [2.45, 2.75) is 50.9 Å². The van der Waals surface area contributed by atoms with Crippen molar-refractivity contribution in [3.05, 3.63) is 47.8 Å². The van der Waals surface area contributed by atoms with Crippen molar-refractivity contribution in [3.63, 3.8) is 0 Å². The van der Waals surface area contributed by atoms with Crippen LogP contribution in [-0.4, -0.2) is 60.9 Å². The second-order valence-electron chi connectivity index (χ2n) is 9.26. The number of esters is 2. The Morgan fingerprint density at radius 3 is 2.62 bits per heavy atom. The zero-order valence-electron chi connectivity index (χ0n) is 20.4. The van der Waals surface area contributed by atoms with Gasteiger partial charge in [0.25, 0.3) is 0 Å². The van der Waals surface area contributed by atoms with E-state index in [1.165, 1.54) is 20.3 Å². The van der Waals surface area contributed by atoms with Crippen LogP contribution in [0.1, 0.15) is 50.0 Å². The molecule has 0 fully saturated rings. The molecule has 0 amide bonds. The number of aromatic nitrogens is 1. The first-order chi connectivity index (χ1) is 16.3. The number of methoxy groups -OCH3 is 3. The largest absolute Gasteiger partial charge is 0.466 e. The summed E-state index contributed by atoms with van der Waals surface area (Å²) in [4.78, 5) is 26.9. The average Bonchev–Trinajstić information content (AvgIpc) is 3.19. The molecule has 0 spiro atoms. The van der Waals surface area contributed by atoms with Crippen LogP contribution in [0.5, 0.6) is 0 Å². The molecule has 34 heavy (non-hydrogen) atoms. The Bertz CT molecular complexity index is 1110. The van der Waals surface area contributed by atoms with Crippen LogP contribution in [0.2, 0.25) is 0 Å². The van der Waals surface area contributed by atoms with Crippen LogP contribution in [0.4, 0.5) is 0 Å². The van der Waals surface area contributed by atoms with E-state index in [0.717, 1.165) is 48.0 Å². The number of carbonyl (C=O) groups excluding carboxylic acids is 2. The minimum absolute atomic E-state index is 0.199. The Labute approximate surface area is 200 Å². The summed E-state index contributed by atoms with van der Waals surface area (Å²) in [6.45, 7) is 3.49. The standard InChI is InChI=1S/C26H34N2O6/c1-5-25-13-8-14-27(16-12-21(29)32-2)15-11-19-18-9-6-7-10-20(18)28(22(19)23(25)33-3)26(31,17-25)24(30)34-4/h6-7,9-10,12,16,23,31H,5,8,11,13-15,17H2,1-4H3/b16-12+/t23-,25-,26-/m0/s1. The fourth-order valence-corrected chi connectivity index (χ4v) is 6.00.